The van der Waals surface area contributed by atoms with Crippen LogP contribution in [0, 0.1) is 0 Å². The van der Waals surface area contributed by atoms with Crippen LogP contribution in [0.3, 0.4) is 0 Å². The van der Waals surface area contributed by atoms with Crippen molar-refractivity contribution in [2.75, 3.05) is 32.8 Å². The van der Waals surface area contributed by atoms with Crippen LogP contribution in [0.1, 0.15) is 18.6 Å². The molecule has 0 spiro atoms. The van der Waals surface area contributed by atoms with Crippen LogP contribution in [-0.4, -0.2) is 70.0 Å². The van der Waals surface area contributed by atoms with E-state index in [1.54, 1.807) is 41.7 Å². The summed E-state index contributed by atoms with van der Waals surface area (Å²) in [5.41, 5.74) is -0.490. The molecule has 30 heavy (non-hydrogen) atoms. The molecule has 1 amide bonds. The number of halogens is 1. The second-order valence-corrected chi connectivity index (χ2v) is 7.79. The second-order valence-electron chi connectivity index (χ2n) is 7.38. The van der Waals surface area contributed by atoms with Gasteiger partial charge >= 0.3 is 6.16 Å². The zero-order valence-corrected chi connectivity index (χ0v) is 17.3. The number of benzene rings is 1. The van der Waals surface area contributed by atoms with Gasteiger partial charge in [-0.05, 0) is 6.07 Å². The Balaban J connectivity index is 1.56. The van der Waals surface area contributed by atoms with E-state index in [1.807, 2.05) is 22.8 Å². The summed E-state index contributed by atoms with van der Waals surface area (Å²) >= 11 is 6.40. The molecule has 4 rings (SSSR count). The SMILES string of the molecule is CC(=O)N1CCN(OCC2(Cn3ccnc3)OC(=O)OC2c2ccccc2Cl)CC1. The van der Waals surface area contributed by atoms with Gasteiger partial charge in [-0.15, -0.1) is 0 Å². The van der Waals surface area contributed by atoms with Crippen LogP contribution in [0.5, 0.6) is 0 Å². The highest BCUT2D eigenvalue weighted by Gasteiger charge is 2.54. The van der Waals surface area contributed by atoms with Gasteiger partial charge in [-0.1, -0.05) is 29.8 Å². The summed E-state index contributed by atoms with van der Waals surface area (Å²) in [6.07, 6.45) is 3.55. The fraction of sp³-hybridized carbons (Fsp3) is 0.450. The van der Waals surface area contributed by atoms with E-state index < -0.39 is 17.9 Å². The summed E-state index contributed by atoms with van der Waals surface area (Å²) in [7, 11) is 0. The van der Waals surface area contributed by atoms with E-state index in [-0.39, 0.29) is 19.1 Å². The number of rotatable bonds is 6. The number of aromatic nitrogens is 2. The van der Waals surface area contributed by atoms with Gasteiger partial charge in [0.2, 0.25) is 5.91 Å². The van der Waals surface area contributed by atoms with Gasteiger partial charge in [0.05, 0.1) is 12.9 Å². The molecule has 2 unspecified atom stereocenters. The van der Waals surface area contributed by atoms with Crippen LogP contribution in [0.4, 0.5) is 4.79 Å². The van der Waals surface area contributed by atoms with E-state index in [0.717, 1.165) is 0 Å². The Bertz CT molecular complexity index is 900. The van der Waals surface area contributed by atoms with Crippen molar-refractivity contribution in [3.63, 3.8) is 0 Å². The van der Waals surface area contributed by atoms with Gasteiger partial charge in [-0.2, -0.15) is 5.06 Å². The molecule has 10 heteroatoms. The third-order valence-corrected chi connectivity index (χ3v) is 5.70. The number of carbonyl (C=O) groups excluding carboxylic acids is 2. The van der Waals surface area contributed by atoms with Crippen LogP contribution in [0.2, 0.25) is 5.02 Å². The average molecular weight is 435 g/mol. The van der Waals surface area contributed by atoms with Crippen LogP contribution < -0.4 is 0 Å². The summed E-state index contributed by atoms with van der Waals surface area (Å²) in [6, 6.07) is 7.19. The van der Waals surface area contributed by atoms with E-state index in [1.165, 1.54) is 0 Å². The van der Waals surface area contributed by atoms with Gasteiger partial charge in [-0.25, -0.2) is 9.78 Å². The number of carbonyl (C=O) groups is 2. The molecular weight excluding hydrogens is 412 g/mol. The first-order valence-electron chi connectivity index (χ1n) is 9.70. The highest BCUT2D eigenvalue weighted by Crippen LogP contribution is 2.43. The third kappa shape index (κ3) is 4.28. The van der Waals surface area contributed by atoms with Crippen molar-refractivity contribution in [3.05, 3.63) is 53.6 Å². The number of nitrogens with zero attached hydrogens (tertiary/aromatic N) is 4. The lowest BCUT2D eigenvalue weighted by Crippen LogP contribution is -2.51. The molecule has 160 valence electrons. The summed E-state index contributed by atoms with van der Waals surface area (Å²) in [4.78, 5) is 35.7. The number of ether oxygens (including phenoxy) is 2. The Morgan fingerprint density at radius 3 is 2.73 bits per heavy atom. The first kappa shape index (κ1) is 20.6. The topological polar surface area (TPSA) is 86.1 Å². The molecule has 2 fully saturated rings. The van der Waals surface area contributed by atoms with Crippen molar-refractivity contribution < 1.29 is 23.9 Å². The Hall–Kier alpha value is -2.62. The van der Waals surface area contributed by atoms with Crippen LogP contribution in [-0.2, 0) is 25.7 Å². The number of imidazole rings is 1. The van der Waals surface area contributed by atoms with Crippen molar-refractivity contribution in [3.8, 4) is 0 Å². The summed E-state index contributed by atoms with van der Waals surface area (Å²) in [5, 5.41) is 2.26. The molecule has 0 bridgehead atoms. The van der Waals surface area contributed by atoms with Gasteiger partial charge < -0.3 is 18.9 Å². The van der Waals surface area contributed by atoms with E-state index in [9.17, 15) is 9.59 Å². The molecule has 9 nitrogen and oxygen atoms in total. The monoisotopic (exact) mass is 434 g/mol. The van der Waals surface area contributed by atoms with Crippen molar-refractivity contribution in [1.29, 1.82) is 0 Å². The maximum Gasteiger partial charge on any atom is 0.509 e. The van der Waals surface area contributed by atoms with Crippen molar-refractivity contribution >= 4 is 23.7 Å². The molecule has 0 aliphatic carbocycles. The van der Waals surface area contributed by atoms with Gasteiger partial charge in [0.15, 0.2) is 11.7 Å². The first-order chi connectivity index (χ1) is 14.5. The molecule has 2 saturated heterocycles. The van der Waals surface area contributed by atoms with Crippen LogP contribution in [0.15, 0.2) is 43.0 Å². The molecule has 1 aromatic carbocycles. The van der Waals surface area contributed by atoms with Crippen molar-refractivity contribution in [2.24, 2.45) is 0 Å². The number of hydroxylamine groups is 2. The van der Waals surface area contributed by atoms with E-state index >= 15 is 0 Å². The highest BCUT2D eigenvalue weighted by atomic mass is 35.5. The highest BCUT2D eigenvalue weighted by molar-refractivity contribution is 6.31. The summed E-state index contributed by atoms with van der Waals surface area (Å²) in [5.74, 6) is 0.0446. The first-order valence-corrected chi connectivity index (χ1v) is 10.1. The quantitative estimate of drug-likeness (QED) is 0.644. The lowest BCUT2D eigenvalue weighted by Gasteiger charge is -2.37. The number of amides is 1. The van der Waals surface area contributed by atoms with Crippen LogP contribution in [0.25, 0.3) is 0 Å². The molecular formula is C20H23ClN4O5. The minimum Gasteiger partial charge on any atom is -0.422 e. The molecule has 2 atom stereocenters. The smallest absolute Gasteiger partial charge is 0.422 e. The molecule has 0 saturated carbocycles. The summed E-state index contributed by atoms with van der Waals surface area (Å²) < 4.78 is 13.1. The van der Waals surface area contributed by atoms with E-state index in [2.05, 4.69) is 4.98 Å². The summed E-state index contributed by atoms with van der Waals surface area (Å²) in [6.45, 7) is 4.18. The third-order valence-electron chi connectivity index (χ3n) is 5.35. The predicted molar refractivity (Wildman–Crippen MR) is 106 cm³/mol. The number of hydrogen-bond acceptors (Lipinski definition) is 7. The lowest BCUT2D eigenvalue weighted by molar-refractivity contribution is -0.215. The average Bonchev–Trinajstić information content (AvgIpc) is 3.35. The number of piperazine rings is 1. The van der Waals surface area contributed by atoms with Gasteiger partial charge in [0, 0.05) is 56.1 Å². The predicted octanol–water partition coefficient (Wildman–Crippen LogP) is 2.28. The maximum atomic E-state index is 12.2. The standard InChI is InChI=1S/C20H23ClN4O5/c1-15(26)24-8-10-25(11-9-24)28-13-20(12-23-7-6-22-14-23)18(29-19(27)30-20)16-4-2-3-5-17(16)21/h2-7,14,18H,8-13H2,1H3. The minimum absolute atomic E-state index is 0.0446. The Morgan fingerprint density at radius 1 is 1.30 bits per heavy atom. The Morgan fingerprint density at radius 2 is 2.07 bits per heavy atom. The normalized spacial score (nSPS) is 24.5. The zero-order chi connectivity index (χ0) is 21.1. The molecule has 2 aliphatic rings. The van der Waals surface area contributed by atoms with Gasteiger partial charge in [0.1, 0.15) is 6.61 Å². The minimum atomic E-state index is -1.14. The fourth-order valence-electron chi connectivity index (χ4n) is 3.77. The van der Waals surface area contributed by atoms with Crippen LogP contribution >= 0.6 is 11.6 Å². The Labute approximate surface area is 179 Å². The van der Waals surface area contributed by atoms with Gasteiger partial charge in [-0.3, -0.25) is 9.63 Å². The largest absolute Gasteiger partial charge is 0.509 e. The van der Waals surface area contributed by atoms with Crippen molar-refractivity contribution in [2.45, 2.75) is 25.2 Å². The van der Waals surface area contributed by atoms with E-state index in [0.29, 0.717) is 36.8 Å². The fourth-order valence-corrected chi connectivity index (χ4v) is 4.00. The molecule has 0 radical (unpaired) electrons. The molecule has 3 heterocycles. The van der Waals surface area contributed by atoms with Crippen molar-refractivity contribution in [1.82, 2.24) is 19.5 Å². The number of cyclic esters (lactones) is 2. The zero-order valence-electron chi connectivity index (χ0n) is 16.6. The maximum absolute atomic E-state index is 12.2. The second kappa shape index (κ2) is 8.63. The molecule has 2 aromatic rings. The Kier molecular flexibility index (Phi) is 5.94. The van der Waals surface area contributed by atoms with Gasteiger partial charge in [0.25, 0.3) is 0 Å². The lowest BCUT2D eigenvalue weighted by atomic mass is 9.91. The molecule has 0 N–H and O–H groups in total. The number of hydrogen-bond donors (Lipinski definition) is 0. The molecule has 1 aromatic heterocycles. The molecule has 2 aliphatic heterocycles. The van der Waals surface area contributed by atoms with E-state index in [4.69, 9.17) is 25.9 Å².